The van der Waals surface area contributed by atoms with E-state index < -0.39 is 0 Å². The number of thiophene rings is 1. The number of nitrogens with two attached hydrogens (primary N) is 1. The third-order valence-electron chi connectivity index (χ3n) is 4.64. The number of carbonyl (C=O) groups excluding carboxylic acids is 2. The van der Waals surface area contributed by atoms with E-state index in [4.69, 9.17) is 10.5 Å². The van der Waals surface area contributed by atoms with Crippen LogP contribution >= 0.6 is 23.7 Å². The summed E-state index contributed by atoms with van der Waals surface area (Å²) in [4.78, 5) is 28.2. The molecule has 1 aromatic carbocycles. The topological polar surface area (TPSA) is 72.6 Å². The Hall–Kier alpha value is -1.89. The molecule has 1 aliphatic rings. The maximum Gasteiger partial charge on any atom is 0.348 e. The molecule has 0 bridgehead atoms. The van der Waals surface area contributed by atoms with Crippen molar-refractivity contribution >= 4 is 35.6 Å². The second-order valence-corrected chi connectivity index (χ2v) is 7.43. The molecule has 27 heavy (non-hydrogen) atoms. The first-order valence-electron chi connectivity index (χ1n) is 9.02. The number of esters is 1. The van der Waals surface area contributed by atoms with Crippen molar-refractivity contribution in [3.05, 3.63) is 46.8 Å². The molecule has 7 heteroatoms. The van der Waals surface area contributed by atoms with Gasteiger partial charge in [-0.15, -0.1) is 23.7 Å². The van der Waals surface area contributed by atoms with Crippen LogP contribution in [-0.4, -0.2) is 42.5 Å². The van der Waals surface area contributed by atoms with Crippen molar-refractivity contribution < 1.29 is 14.3 Å². The maximum atomic E-state index is 13.0. The van der Waals surface area contributed by atoms with Crippen molar-refractivity contribution in [1.82, 2.24) is 4.90 Å². The Morgan fingerprint density at radius 2 is 2.07 bits per heavy atom. The van der Waals surface area contributed by atoms with E-state index in [-0.39, 0.29) is 30.3 Å². The molecule has 0 saturated carbocycles. The summed E-state index contributed by atoms with van der Waals surface area (Å²) in [6.07, 6.45) is 3.11. The lowest BCUT2D eigenvalue weighted by Gasteiger charge is -2.35. The minimum atomic E-state index is -0.310. The predicted molar refractivity (Wildman–Crippen MR) is 111 cm³/mol. The molecule has 2 heterocycles. The molecule has 1 saturated heterocycles. The third kappa shape index (κ3) is 4.89. The molecular weight excluding hydrogens is 384 g/mol. The van der Waals surface area contributed by atoms with Gasteiger partial charge in [0.15, 0.2) is 0 Å². The van der Waals surface area contributed by atoms with Crippen LogP contribution < -0.4 is 5.73 Å². The first-order valence-corrected chi connectivity index (χ1v) is 9.84. The minimum absolute atomic E-state index is 0. The number of likely N-dealkylation sites (tertiary alicyclic amines) is 1. The van der Waals surface area contributed by atoms with Crippen LogP contribution in [0.15, 0.2) is 36.4 Å². The van der Waals surface area contributed by atoms with Crippen molar-refractivity contribution in [3.63, 3.8) is 0 Å². The van der Waals surface area contributed by atoms with Crippen LogP contribution in [0.2, 0.25) is 0 Å². The van der Waals surface area contributed by atoms with Gasteiger partial charge in [-0.25, -0.2) is 4.79 Å². The van der Waals surface area contributed by atoms with Gasteiger partial charge in [0, 0.05) is 29.6 Å². The van der Waals surface area contributed by atoms with Crippen LogP contribution in [0.5, 0.6) is 0 Å². The Labute approximate surface area is 169 Å². The predicted octanol–water partition coefficient (Wildman–Crippen LogP) is 3.97. The Balaban J connectivity index is 0.00000261. The van der Waals surface area contributed by atoms with E-state index in [0.29, 0.717) is 23.6 Å². The fourth-order valence-corrected chi connectivity index (χ4v) is 4.19. The van der Waals surface area contributed by atoms with Crippen molar-refractivity contribution in [3.8, 4) is 10.4 Å². The Kier molecular flexibility index (Phi) is 7.83. The zero-order valence-electron chi connectivity index (χ0n) is 15.3. The summed E-state index contributed by atoms with van der Waals surface area (Å²) in [7, 11) is 0. The highest BCUT2D eigenvalue weighted by atomic mass is 35.5. The molecule has 0 radical (unpaired) electrons. The van der Waals surface area contributed by atoms with E-state index in [1.165, 1.54) is 11.3 Å². The number of benzene rings is 1. The standard InChI is InChI=1S/C20H24N2O3S.ClH/c1-2-25-20(24)18-10-9-17(26-18)14-6-5-7-15(12-14)19(23)22-11-4-3-8-16(22)13-21;/h5-7,9-10,12,16H,2-4,8,11,13,21H2,1H3;1H. The number of hydrogen-bond donors (Lipinski definition) is 1. The summed E-state index contributed by atoms with van der Waals surface area (Å²) in [5.41, 5.74) is 7.44. The van der Waals surface area contributed by atoms with Crippen molar-refractivity contribution in [1.29, 1.82) is 0 Å². The molecule has 1 fully saturated rings. The molecule has 1 atom stereocenters. The summed E-state index contributed by atoms with van der Waals surface area (Å²) in [5.74, 6) is -0.278. The highest BCUT2D eigenvalue weighted by Gasteiger charge is 2.26. The van der Waals surface area contributed by atoms with Crippen LogP contribution in [0.25, 0.3) is 10.4 Å². The van der Waals surface area contributed by atoms with Gasteiger partial charge in [-0.05, 0) is 56.0 Å². The van der Waals surface area contributed by atoms with Gasteiger partial charge >= 0.3 is 5.97 Å². The third-order valence-corrected chi connectivity index (χ3v) is 5.75. The van der Waals surface area contributed by atoms with Gasteiger partial charge in [-0.3, -0.25) is 4.79 Å². The summed E-state index contributed by atoms with van der Waals surface area (Å²) in [6, 6.07) is 11.4. The van der Waals surface area contributed by atoms with E-state index in [0.717, 1.165) is 36.2 Å². The molecule has 0 spiro atoms. The number of piperidine rings is 1. The normalized spacial score (nSPS) is 16.5. The monoisotopic (exact) mass is 408 g/mol. The summed E-state index contributed by atoms with van der Waals surface area (Å²) >= 11 is 1.38. The lowest BCUT2D eigenvalue weighted by molar-refractivity contribution is 0.0531. The van der Waals surface area contributed by atoms with Crippen molar-refractivity contribution in [2.45, 2.75) is 32.2 Å². The number of amides is 1. The zero-order valence-corrected chi connectivity index (χ0v) is 17.0. The van der Waals surface area contributed by atoms with Gasteiger partial charge in [-0.2, -0.15) is 0 Å². The Morgan fingerprint density at radius 1 is 1.26 bits per heavy atom. The lowest BCUT2D eigenvalue weighted by Crippen LogP contribution is -2.47. The van der Waals surface area contributed by atoms with E-state index in [9.17, 15) is 9.59 Å². The number of halogens is 1. The van der Waals surface area contributed by atoms with Crippen LogP contribution in [0.4, 0.5) is 0 Å². The smallest absolute Gasteiger partial charge is 0.348 e. The van der Waals surface area contributed by atoms with Gasteiger partial charge in [0.2, 0.25) is 0 Å². The minimum Gasteiger partial charge on any atom is -0.462 e. The number of rotatable bonds is 5. The van der Waals surface area contributed by atoms with Gasteiger partial charge in [0.25, 0.3) is 5.91 Å². The zero-order chi connectivity index (χ0) is 18.5. The van der Waals surface area contributed by atoms with Gasteiger partial charge in [-0.1, -0.05) is 12.1 Å². The lowest BCUT2D eigenvalue weighted by atomic mass is 10.00. The van der Waals surface area contributed by atoms with E-state index in [2.05, 4.69) is 0 Å². The summed E-state index contributed by atoms with van der Waals surface area (Å²) in [6.45, 7) is 3.40. The number of nitrogens with zero attached hydrogens (tertiary/aromatic N) is 1. The molecule has 3 rings (SSSR count). The largest absolute Gasteiger partial charge is 0.462 e. The number of carbonyl (C=O) groups is 2. The average molecular weight is 409 g/mol. The van der Waals surface area contributed by atoms with Crippen LogP contribution in [-0.2, 0) is 4.74 Å². The first-order chi connectivity index (χ1) is 12.6. The van der Waals surface area contributed by atoms with Gasteiger partial charge in [0.1, 0.15) is 4.88 Å². The molecule has 1 unspecified atom stereocenters. The van der Waals surface area contributed by atoms with E-state index >= 15 is 0 Å². The van der Waals surface area contributed by atoms with E-state index in [1.807, 2.05) is 35.2 Å². The fourth-order valence-electron chi connectivity index (χ4n) is 3.29. The van der Waals surface area contributed by atoms with E-state index in [1.54, 1.807) is 13.0 Å². The Bertz CT molecular complexity index is 793. The van der Waals surface area contributed by atoms with Crippen LogP contribution in [0.3, 0.4) is 0 Å². The van der Waals surface area contributed by atoms with Crippen molar-refractivity contribution in [2.75, 3.05) is 19.7 Å². The highest BCUT2D eigenvalue weighted by molar-refractivity contribution is 7.17. The molecular formula is C20H25ClN2O3S. The second-order valence-electron chi connectivity index (χ2n) is 6.35. The first kappa shape index (κ1) is 21.4. The second kappa shape index (κ2) is 9.88. The maximum absolute atomic E-state index is 13.0. The molecule has 2 aromatic rings. The quantitative estimate of drug-likeness (QED) is 0.760. The number of hydrogen-bond acceptors (Lipinski definition) is 5. The SMILES string of the molecule is CCOC(=O)c1ccc(-c2cccc(C(=O)N3CCCCC3CN)c2)s1.Cl. The molecule has 2 N–H and O–H groups in total. The molecule has 1 aromatic heterocycles. The molecule has 0 aliphatic carbocycles. The fraction of sp³-hybridized carbons (Fsp3) is 0.400. The average Bonchev–Trinajstić information content (AvgIpc) is 3.18. The Morgan fingerprint density at radius 3 is 2.81 bits per heavy atom. The summed E-state index contributed by atoms with van der Waals surface area (Å²) in [5, 5.41) is 0. The summed E-state index contributed by atoms with van der Waals surface area (Å²) < 4.78 is 5.04. The van der Waals surface area contributed by atoms with Crippen LogP contribution in [0.1, 0.15) is 46.2 Å². The highest BCUT2D eigenvalue weighted by Crippen LogP contribution is 2.30. The van der Waals surface area contributed by atoms with Gasteiger partial charge < -0.3 is 15.4 Å². The van der Waals surface area contributed by atoms with Gasteiger partial charge in [0.05, 0.1) is 6.61 Å². The van der Waals surface area contributed by atoms with Crippen LogP contribution in [0, 0.1) is 0 Å². The number of ether oxygens (including phenoxy) is 1. The molecule has 1 aliphatic heterocycles. The molecule has 146 valence electrons. The van der Waals surface area contributed by atoms with Crippen molar-refractivity contribution in [2.24, 2.45) is 5.73 Å². The molecule has 5 nitrogen and oxygen atoms in total. The molecule has 1 amide bonds.